The monoisotopic (exact) mass is 367 g/mol. The number of aryl methyl sites for hydroxylation is 2. The van der Waals surface area contributed by atoms with Crippen LogP contribution in [0, 0.1) is 13.8 Å². The molecule has 0 atom stereocenters. The Morgan fingerprint density at radius 1 is 1.11 bits per heavy atom. The number of hydrogen-bond acceptors (Lipinski definition) is 7. The largest absolute Gasteiger partial charge is 0.497 e. The molecule has 0 aliphatic heterocycles. The van der Waals surface area contributed by atoms with Gasteiger partial charge in [-0.1, -0.05) is 17.3 Å². The number of rotatable bonds is 7. The zero-order valence-electron chi connectivity index (χ0n) is 15.4. The maximum atomic E-state index is 12.4. The molecular formula is C19H21N5O3. The van der Waals surface area contributed by atoms with Gasteiger partial charge in [-0.3, -0.25) is 4.79 Å². The number of nitrogens with one attached hydrogen (secondary N) is 2. The summed E-state index contributed by atoms with van der Waals surface area (Å²) in [6.07, 6.45) is 0.812. The van der Waals surface area contributed by atoms with Crippen LogP contribution in [-0.2, 0) is 6.42 Å². The summed E-state index contributed by atoms with van der Waals surface area (Å²) in [5.41, 5.74) is 1.43. The first-order chi connectivity index (χ1) is 13.0. The first-order valence-corrected chi connectivity index (χ1v) is 8.50. The van der Waals surface area contributed by atoms with Crippen LogP contribution in [0.1, 0.15) is 27.6 Å². The molecule has 1 amide bonds. The third kappa shape index (κ3) is 5.04. The van der Waals surface area contributed by atoms with Crippen LogP contribution in [0.25, 0.3) is 0 Å². The second kappa shape index (κ2) is 8.31. The third-order valence-electron chi connectivity index (χ3n) is 3.82. The molecular weight excluding hydrogens is 346 g/mol. The lowest BCUT2D eigenvalue weighted by atomic mass is 10.1. The fourth-order valence-corrected chi connectivity index (χ4v) is 2.51. The van der Waals surface area contributed by atoms with Crippen LogP contribution in [0.2, 0.25) is 0 Å². The molecule has 0 aliphatic carbocycles. The molecule has 0 spiro atoms. The van der Waals surface area contributed by atoms with Gasteiger partial charge in [-0.05, 0) is 38.0 Å². The minimum atomic E-state index is -0.369. The Bertz CT molecular complexity index is 921. The van der Waals surface area contributed by atoms with Crippen LogP contribution < -0.4 is 15.4 Å². The van der Waals surface area contributed by atoms with Crippen LogP contribution in [0.15, 0.2) is 40.9 Å². The van der Waals surface area contributed by atoms with Gasteiger partial charge in [0, 0.05) is 18.7 Å². The Hall–Kier alpha value is -3.42. The molecule has 8 heteroatoms. The second-order valence-electron chi connectivity index (χ2n) is 5.99. The maximum absolute atomic E-state index is 12.4. The number of nitrogens with zero attached hydrogens (tertiary/aromatic N) is 3. The van der Waals surface area contributed by atoms with Crippen molar-refractivity contribution < 1.29 is 14.1 Å². The molecule has 8 nitrogen and oxygen atoms in total. The van der Waals surface area contributed by atoms with Crippen LogP contribution in [0.3, 0.4) is 0 Å². The number of carbonyl (C=O) groups is 1. The lowest BCUT2D eigenvalue weighted by Crippen LogP contribution is -2.16. The SMILES string of the molecule is COc1ccc(CCNc2cc(C(=O)Nc3cc(C)on3)nc(C)n2)cc1. The molecule has 3 rings (SSSR count). The summed E-state index contributed by atoms with van der Waals surface area (Å²) in [4.78, 5) is 20.9. The van der Waals surface area contributed by atoms with Crippen molar-refractivity contribution >= 4 is 17.5 Å². The lowest BCUT2D eigenvalue weighted by Gasteiger charge is -2.09. The number of benzene rings is 1. The predicted molar refractivity (Wildman–Crippen MR) is 101 cm³/mol. The lowest BCUT2D eigenvalue weighted by molar-refractivity contribution is 0.102. The molecule has 0 aliphatic rings. The zero-order valence-corrected chi connectivity index (χ0v) is 15.4. The topological polar surface area (TPSA) is 102 Å². The van der Waals surface area contributed by atoms with Crippen LogP contribution in [-0.4, -0.2) is 34.7 Å². The molecule has 3 aromatic rings. The summed E-state index contributed by atoms with van der Waals surface area (Å²) in [5.74, 6) is 2.53. The van der Waals surface area contributed by atoms with Crippen LogP contribution in [0.5, 0.6) is 5.75 Å². The molecule has 0 saturated heterocycles. The van der Waals surface area contributed by atoms with Gasteiger partial charge >= 0.3 is 0 Å². The molecule has 140 valence electrons. The van der Waals surface area contributed by atoms with Crippen molar-refractivity contribution in [1.29, 1.82) is 0 Å². The molecule has 27 heavy (non-hydrogen) atoms. The Labute approximate surface area is 157 Å². The summed E-state index contributed by atoms with van der Waals surface area (Å²) in [5, 5.41) is 9.63. The summed E-state index contributed by atoms with van der Waals surface area (Å²) >= 11 is 0. The Kier molecular flexibility index (Phi) is 5.65. The second-order valence-corrected chi connectivity index (χ2v) is 5.99. The van der Waals surface area contributed by atoms with E-state index < -0.39 is 0 Å². The van der Waals surface area contributed by atoms with E-state index in [9.17, 15) is 4.79 Å². The minimum Gasteiger partial charge on any atom is -0.497 e. The van der Waals surface area contributed by atoms with E-state index in [4.69, 9.17) is 9.26 Å². The Morgan fingerprint density at radius 2 is 1.89 bits per heavy atom. The number of anilines is 2. The molecule has 2 heterocycles. The van der Waals surface area contributed by atoms with Gasteiger partial charge in [0.05, 0.1) is 7.11 Å². The highest BCUT2D eigenvalue weighted by atomic mass is 16.5. The normalized spacial score (nSPS) is 10.5. The number of methoxy groups -OCH3 is 1. The number of carbonyl (C=O) groups excluding carboxylic acids is 1. The van der Waals surface area contributed by atoms with Gasteiger partial charge < -0.3 is 19.9 Å². The van der Waals surface area contributed by atoms with Gasteiger partial charge in [0.15, 0.2) is 5.82 Å². The van der Waals surface area contributed by atoms with E-state index in [0.717, 1.165) is 12.2 Å². The maximum Gasteiger partial charge on any atom is 0.275 e. The van der Waals surface area contributed by atoms with E-state index in [1.165, 1.54) is 5.56 Å². The Morgan fingerprint density at radius 3 is 2.56 bits per heavy atom. The molecule has 0 saturated carbocycles. The molecule has 0 bridgehead atoms. The van der Waals surface area contributed by atoms with Gasteiger partial charge in [-0.25, -0.2) is 9.97 Å². The molecule has 2 N–H and O–H groups in total. The number of ether oxygens (including phenoxy) is 1. The van der Waals surface area contributed by atoms with Gasteiger partial charge in [0.1, 0.15) is 28.8 Å². The highest BCUT2D eigenvalue weighted by Crippen LogP contribution is 2.13. The molecule has 0 radical (unpaired) electrons. The van der Waals surface area contributed by atoms with Gasteiger partial charge in [-0.2, -0.15) is 0 Å². The average Bonchev–Trinajstić information content (AvgIpc) is 3.06. The zero-order chi connectivity index (χ0) is 19.2. The van der Waals surface area contributed by atoms with Crippen molar-refractivity contribution in [2.75, 3.05) is 24.3 Å². The fourth-order valence-electron chi connectivity index (χ4n) is 2.51. The first kappa shape index (κ1) is 18.4. The number of amides is 1. The van der Waals surface area contributed by atoms with E-state index in [-0.39, 0.29) is 11.6 Å². The van der Waals surface area contributed by atoms with Crippen molar-refractivity contribution in [2.45, 2.75) is 20.3 Å². The summed E-state index contributed by atoms with van der Waals surface area (Å²) in [6.45, 7) is 4.17. The van der Waals surface area contributed by atoms with Crippen LogP contribution >= 0.6 is 0 Å². The molecule has 1 aromatic carbocycles. The van der Waals surface area contributed by atoms with Crippen molar-refractivity contribution in [2.24, 2.45) is 0 Å². The summed E-state index contributed by atoms with van der Waals surface area (Å²) in [6, 6.07) is 11.1. The number of aromatic nitrogens is 3. The van der Waals surface area contributed by atoms with Gasteiger partial charge in [-0.15, -0.1) is 0 Å². The smallest absolute Gasteiger partial charge is 0.275 e. The van der Waals surface area contributed by atoms with E-state index in [1.54, 1.807) is 33.1 Å². The van der Waals surface area contributed by atoms with Gasteiger partial charge in [0.2, 0.25) is 0 Å². The van der Waals surface area contributed by atoms with Gasteiger partial charge in [0.25, 0.3) is 5.91 Å². The average molecular weight is 367 g/mol. The van der Waals surface area contributed by atoms with Crippen molar-refractivity contribution in [3.8, 4) is 5.75 Å². The van der Waals surface area contributed by atoms with Crippen molar-refractivity contribution in [3.05, 3.63) is 59.2 Å². The van der Waals surface area contributed by atoms with E-state index in [0.29, 0.717) is 29.8 Å². The summed E-state index contributed by atoms with van der Waals surface area (Å²) in [7, 11) is 1.64. The minimum absolute atomic E-state index is 0.259. The van der Waals surface area contributed by atoms with Crippen LogP contribution in [0.4, 0.5) is 11.6 Å². The van der Waals surface area contributed by atoms with E-state index in [2.05, 4.69) is 25.8 Å². The van der Waals surface area contributed by atoms with Crippen molar-refractivity contribution in [3.63, 3.8) is 0 Å². The summed E-state index contributed by atoms with van der Waals surface area (Å²) < 4.78 is 10.1. The first-order valence-electron chi connectivity index (χ1n) is 8.50. The highest BCUT2D eigenvalue weighted by Gasteiger charge is 2.12. The quantitative estimate of drug-likeness (QED) is 0.662. The van der Waals surface area contributed by atoms with E-state index >= 15 is 0 Å². The Balaban J connectivity index is 1.61. The van der Waals surface area contributed by atoms with Crippen molar-refractivity contribution in [1.82, 2.24) is 15.1 Å². The molecule has 2 aromatic heterocycles. The predicted octanol–water partition coefficient (Wildman–Crippen LogP) is 3.00. The number of hydrogen-bond donors (Lipinski definition) is 2. The molecule has 0 fully saturated rings. The molecule has 0 unspecified atom stereocenters. The highest BCUT2D eigenvalue weighted by molar-refractivity contribution is 6.02. The van der Waals surface area contributed by atoms with E-state index in [1.807, 2.05) is 24.3 Å². The third-order valence-corrected chi connectivity index (χ3v) is 3.82. The standard InChI is InChI=1S/C19H21N5O3/c1-12-10-18(24-27-12)23-19(25)16-11-17(22-13(2)21-16)20-9-8-14-4-6-15(26-3)7-5-14/h4-7,10-11H,8-9H2,1-3H3,(H,20,21,22)(H,23,24,25). The fraction of sp³-hybridized carbons (Fsp3) is 0.263.